The van der Waals surface area contributed by atoms with Gasteiger partial charge in [0.15, 0.2) is 11.7 Å². The van der Waals surface area contributed by atoms with E-state index in [-0.39, 0.29) is 18.1 Å². The molecule has 0 aliphatic carbocycles. The minimum Gasteiger partial charge on any atom is -0.441 e. The summed E-state index contributed by atoms with van der Waals surface area (Å²) in [5, 5.41) is 12.2. The molecule has 0 saturated carbocycles. The predicted octanol–water partition coefficient (Wildman–Crippen LogP) is 4.10. The Labute approximate surface area is 154 Å². The number of aromatic nitrogens is 3. The summed E-state index contributed by atoms with van der Waals surface area (Å²) >= 11 is 1.38. The fourth-order valence-electron chi connectivity index (χ4n) is 2.35. The highest BCUT2D eigenvalue weighted by Gasteiger charge is 2.13. The predicted molar refractivity (Wildman–Crippen MR) is 97.3 cm³/mol. The highest BCUT2D eigenvalue weighted by Crippen LogP contribution is 2.24. The van der Waals surface area contributed by atoms with Gasteiger partial charge in [0.2, 0.25) is 11.0 Å². The van der Waals surface area contributed by atoms with Crippen LogP contribution in [0.1, 0.15) is 31.2 Å². The van der Waals surface area contributed by atoms with Gasteiger partial charge >= 0.3 is 0 Å². The molecule has 0 aliphatic rings. The average molecular weight is 374 g/mol. The third kappa shape index (κ3) is 4.72. The molecule has 1 N–H and O–H groups in total. The maximum atomic E-state index is 13.8. The Morgan fingerprint density at radius 3 is 2.88 bits per heavy atom. The Bertz CT molecular complexity index is 891. The first-order valence-electron chi connectivity index (χ1n) is 8.33. The van der Waals surface area contributed by atoms with Crippen LogP contribution in [0.2, 0.25) is 0 Å². The van der Waals surface area contributed by atoms with Gasteiger partial charge in [0.25, 0.3) is 0 Å². The van der Waals surface area contributed by atoms with E-state index in [4.69, 9.17) is 4.42 Å². The molecule has 0 unspecified atom stereocenters. The van der Waals surface area contributed by atoms with Crippen LogP contribution in [0.15, 0.2) is 34.9 Å². The topological polar surface area (TPSA) is 80.9 Å². The maximum absolute atomic E-state index is 13.8. The van der Waals surface area contributed by atoms with E-state index in [1.54, 1.807) is 18.2 Å². The standard InChI is InChI=1S/C18H19FN4O2S/c1-11(2)9-17-22-23-18(26-17)21-15(24)7-8-16-20-10-14(25-16)12-5-3-4-6-13(12)19/h3-6,10-11H,7-9H2,1-2H3,(H,21,23,24). The van der Waals surface area contributed by atoms with Crippen molar-refractivity contribution in [2.24, 2.45) is 5.92 Å². The smallest absolute Gasteiger partial charge is 0.226 e. The molecule has 1 amide bonds. The summed E-state index contributed by atoms with van der Waals surface area (Å²) in [6.07, 6.45) is 2.81. The lowest BCUT2D eigenvalue weighted by Crippen LogP contribution is -2.12. The van der Waals surface area contributed by atoms with E-state index in [0.29, 0.717) is 34.7 Å². The Morgan fingerprint density at radius 2 is 2.12 bits per heavy atom. The fourth-order valence-corrected chi connectivity index (χ4v) is 3.32. The molecule has 0 atom stereocenters. The highest BCUT2D eigenvalue weighted by molar-refractivity contribution is 7.15. The maximum Gasteiger partial charge on any atom is 0.226 e. The van der Waals surface area contributed by atoms with Crippen molar-refractivity contribution in [3.8, 4) is 11.3 Å². The molecule has 2 aromatic heterocycles. The lowest BCUT2D eigenvalue weighted by atomic mass is 10.1. The van der Waals surface area contributed by atoms with Crippen LogP contribution in [0, 0.1) is 11.7 Å². The number of carbonyl (C=O) groups is 1. The van der Waals surface area contributed by atoms with E-state index >= 15 is 0 Å². The third-order valence-electron chi connectivity index (χ3n) is 3.55. The summed E-state index contributed by atoms with van der Waals surface area (Å²) < 4.78 is 19.3. The van der Waals surface area contributed by atoms with Crippen molar-refractivity contribution in [3.63, 3.8) is 0 Å². The summed E-state index contributed by atoms with van der Waals surface area (Å²) in [6.45, 7) is 4.21. The van der Waals surface area contributed by atoms with Crippen LogP contribution in [-0.2, 0) is 17.6 Å². The lowest BCUT2D eigenvalue weighted by molar-refractivity contribution is -0.116. The molecule has 26 heavy (non-hydrogen) atoms. The zero-order valence-corrected chi connectivity index (χ0v) is 15.3. The average Bonchev–Trinajstić information content (AvgIpc) is 3.22. The van der Waals surface area contributed by atoms with Gasteiger partial charge in [0.05, 0.1) is 11.8 Å². The minimum absolute atomic E-state index is 0.191. The largest absolute Gasteiger partial charge is 0.441 e. The van der Waals surface area contributed by atoms with Crippen LogP contribution in [0.5, 0.6) is 0 Å². The number of oxazole rings is 1. The van der Waals surface area contributed by atoms with Crippen LogP contribution in [0.4, 0.5) is 9.52 Å². The third-order valence-corrected chi connectivity index (χ3v) is 4.42. The van der Waals surface area contributed by atoms with Crippen molar-refractivity contribution in [1.29, 1.82) is 0 Å². The fraction of sp³-hybridized carbons (Fsp3) is 0.333. The molecule has 3 aromatic rings. The minimum atomic E-state index is -0.374. The monoisotopic (exact) mass is 374 g/mol. The zero-order chi connectivity index (χ0) is 18.5. The van der Waals surface area contributed by atoms with Gasteiger partial charge in [-0.05, 0) is 18.1 Å². The van der Waals surface area contributed by atoms with Crippen LogP contribution >= 0.6 is 11.3 Å². The van der Waals surface area contributed by atoms with E-state index in [2.05, 4.69) is 34.3 Å². The summed E-state index contributed by atoms with van der Waals surface area (Å²) in [5.41, 5.74) is 0.349. The summed E-state index contributed by atoms with van der Waals surface area (Å²) in [6, 6.07) is 6.32. The van der Waals surface area contributed by atoms with Gasteiger partial charge in [-0.25, -0.2) is 9.37 Å². The van der Waals surface area contributed by atoms with Crippen LogP contribution in [0.3, 0.4) is 0 Å². The van der Waals surface area contributed by atoms with Gasteiger partial charge < -0.3 is 9.73 Å². The molecule has 0 spiro atoms. The first-order chi connectivity index (χ1) is 12.5. The second-order valence-electron chi connectivity index (χ2n) is 6.25. The van der Waals surface area contributed by atoms with Gasteiger partial charge in [0.1, 0.15) is 10.8 Å². The van der Waals surface area contributed by atoms with Gasteiger partial charge in [-0.15, -0.1) is 10.2 Å². The van der Waals surface area contributed by atoms with Crippen molar-refractivity contribution in [3.05, 3.63) is 47.2 Å². The molecular formula is C18H19FN4O2S. The molecule has 3 rings (SSSR count). The molecule has 2 heterocycles. The molecule has 0 aliphatic heterocycles. The quantitative estimate of drug-likeness (QED) is 0.673. The molecule has 8 heteroatoms. The van der Waals surface area contributed by atoms with E-state index in [9.17, 15) is 9.18 Å². The van der Waals surface area contributed by atoms with Gasteiger partial charge in [-0.3, -0.25) is 4.79 Å². The van der Waals surface area contributed by atoms with Gasteiger partial charge in [-0.2, -0.15) is 0 Å². The number of rotatable bonds is 7. The van der Waals surface area contributed by atoms with E-state index in [1.165, 1.54) is 23.6 Å². The first kappa shape index (κ1) is 18.2. The molecule has 0 radical (unpaired) electrons. The molecule has 136 valence electrons. The Hall–Kier alpha value is -2.61. The number of hydrogen-bond acceptors (Lipinski definition) is 6. The number of halogens is 1. The van der Waals surface area contributed by atoms with Crippen LogP contribution in [0.25, 0.3) is 11.3 Å². The first-order valence-corrected chi connectivity index (χ1v) is 9.14. The van der Waals surface area contributed by atoms with Gasteiger partial charge in [-0.1, -0.05) is 37.3 Å². The molecular weight excluding hydrogens is 355 g/mol. The van der Waals surface area contributed by atoms with Crippen molar-refractivity contribution < 1.29 is 13.6 Å². The summed E-state index contributed by atoms with van der Waals surface area (Å²) in [5.74, 6) is 0.654. The van der Waals surface area contributed by atoms with Gasteiger partial charge in [0, 0.05) is 19.3 Å². The second kappa shape index (κ2) is 8.18. The second-order valence-corrected chi connectivity index (χ2v) is 7.31. The SMILES string of the molecule is CC(C)Cc1nnc(NC(=O)CCc2ncc(-c3ccccc3F)o2)s1. The molecule has 1 aromatic carbocycles. The lowest BCUT2D eigenvalue weighted by Gasteiger charge is -2.00. The zero-order valence-electron chi connectivity index (χ0n) is 14.5. The van der Waals surface area contributed by atoms with Crippen LogP contribution < -0.4 is 5.32 Å². The number of carbonyl (C=O) groups excluding carboxylic acids is 1. The van der Waals surface area contributed by atoms with Crippen LogP contribution in [-0.4, -0.2) is 21.1 Å². The Morgan fingerprint density at radius 1 is 1.31 bits per heavy atom. The highest BCUT2D eigenvalue weighted by atomic mass is 32.1. The van der Waals surface area contributed by atoms with Crippen molar-refractivity contribution in [2.75, 3.05) is 5.32 Å². The van der Waals surface area contributed by atoms with E-state index < -0.39 is 0 Å². The van der Waals surface area contributed by atoms with Crippen molar-refractivity contribution in [1.82, 2.24) is 15.2 Å². The van der Waals surface area contributed by atoms with E-state index in [1.807, 2.05) is 0 Å². The number of aryl methyl sites for hydroxylation is 1. The van der Waals surface area contributed by atoms with Crippen molar-refractivity contribution >= 4 is 22.4 Å². The summed E-state index contributed by atoms with van der Waals surface area (Å²) in [7, 11) is 0. The summed E-state index contributed by atoms with van der Waals surface area (Å²) in [4.78, 5) is 16.2. The molecule has 0 fully saturated rings. The van der Waals surface area contributed by atoms with E-state index in [0.717, 1.165) is 11.4 Å². The Kier molecular flexibility index (Phi) is 5.72. The number of nitrogens with one attached hydrogen (secondary N) is 1. The molecule has 0 bridgehead atoms. The normalized spacial score (nSPS) is 11.1. The number of benzene rings is 1. The molecule has 6 nitrogen and oxygen atoms in total. The molecule has 0 saturated heterocycles. The van der Waals surface area contributed by atoms with Crippen molar-refractivity contribution in [2.45, 2.75) is 33.1 Å². The number of hydrogen-bond donors (Lipinski definition) is 1. The number of nitrogens with zero attached hydrogens (tertiary/aromatic N) is 3. The Balaban J connectivity index is 1.54. The number of amides is 1. The number of anilines is 1.